The van der Waals surface area contributed by atoms with E-state index in [1.165, 1.54) is 0 Å². The molecule has 3 nitrogen and oxygen atoms in total. The third-order valence-corrected chi connectivity index (χ3v) is 2.91. The van der Waals surface area contributed by atoms with E-state index in [9.17, 15) is 4.79 Å². The summed E-state index contributed by atoms with van der Waals surface area (Å²) in [5.41, 5.74) is 0.516. The molecule has 0 aliphatic rings. The first-order chi connectivity index (χ1) is 7.56. The Bertz CT molecular complexity index is 384. The zero-order chi connectivity index (χ0) is 12.1. The maximum atomic E-state index is 11.0. The van der Waals surface area contributed by atoms with Gasteiger partial charge in [0.25, 0.3) is 0 Å². The van der Waals surface area contributed by atoms with Crippen molar-refractivity contribution in [2.75, 3.05) is 12.5 Å². The molecule has 1 aromatic rings. The van der Waals surface area contributed by atoms with Crippen LogP contribution < -0.4 is 0 Å². The molecule has 88 valence electrons. The van der Waals surface area contributed by atoms with Gasteiger partial charge in [-0.2, -0.15) is 0 Å². The lowest BCUT2D eigenvalue weighted by molar-refractivity contribution is -0.150. The lowest BCUT2D eigenvalue weighted by Crippen LogP contribution is -2.17. The molecular formula is C10H9BrCl2O3. The van der Waals surface area contributed by atoms with Crippen LogP contribution in [0.1, 0.15) is 11.7 Å². The molecular weight excluding hydrogens is 319 g/mol. The van der Waals surface area contributed by atoms with Gasteiger partial charge in [-0.1, -0.05) is 33.6 Å². The van der Waals surface area contributed by atoms with Crippen molar-refractivity contribution in [1.29, 1.82) is 0 Å². The number of carboxylic acids is 1. The fraction of sp³-hybridized carbons (Fsp3) is 0.300. The Morgan fingerprint density at radius 1 is 1.56 bits per heavy atom. The summed E-state index contributed by atoms with van der Waals surface area (Å²) in [6, 6.07) is 4.85. The Morgan fingerprint density at radius 2 is 2.25 bits per heavy atom. The van der Waals surface area contributed by atoms with E-state index in [1.807, 2.05) is 0 Å². The molecule has 0 spiro atoms. The van der Waals surface area contributed by atoms with Crippen LogP contribution in [0.4, 0.5) is 0 Å². The van der Waals surface area contributed by atoms with Crippen molar-refractivity contribution in [3.8, 4) is 0 Å². The Labute approximate surface area is 111 Å². The van der Waals surface area contributed by atoms with E-state index in [0.717, 1.165) is 0 Å². The quantitative estimate of drug-likeness (QED) is 0.842. The molecule has 0 heterocycles. The Balaban J connectivity index is 2.96. The van der Waals surface area contributed by atoms with Gasteiger partial charge in [-0.05, 0) is 12.1 Å². The van der Waals surface area contributed by atoms with Crippen LogP contribution in [0, 0.1) is 0 Å². The van der Waals surface area contributed by atoms with Crippen molar-refractivity contribution >= 4 is 45.1 Å². The third-order valence-electron chi connectivity index (χ3n) is 1.83. The molecule has 6 heteroatoms. The maximum Gasteiger partial charge on any atom is 0.337 e. The minimum Gasteiger partial charge on any atom is -0.479 e. The average molecular weight is 328 g/mol. The number of hydrogen-bond donors (Lipinski definition) is 1. The van der Waals surface area contributed by atoms with E-state index in [2.05, 4.69) is 15.9 Å². The van der Waals surface area contributed by atoms with Crippen LogP contribution in [0.3, 0.4) is 0 Å². The molecule has 0 bridgehead atoms. The van der Waals surface area contributed by atoms with E-state index in [4.69, 9.17) is 33.0 Å². The monoisotopic (exact) mass is 326 g/mol. The van der Waals surface area contributed by atoms with Gasteiger partial charge < -0.3 is 9.84 Å². The number of aliphatic carboxylic acids is 1. The molecule has 0 saturated carbocycles. The van der Waals surface area contributed by atoms with Crippen molar-refractivity contribution in [3.05, 3.63) is 33.3 Å². The fourth-order valence-electron chi connectivity index (χ4n) is 1.17. The van der Waals surface area contributed by atoms with E-state index in [0.29, 0.717) is 15.1 Å². The predicted octanol–water partition coefficient (Wildman–Crippen LogP) is 3.48. The van der Waals surface area contributed by atoms with Crippen LogP contribution in [0.5, 0.6) is 0 Å². The molecule has 1 N–H and O–H groups in total. The van der Waals surface area contributed by atoms with Crippen molar-refractivity contribution in [2.45, 2.75) is 6.10 Å². The van der Waals surface area contributed by atoms with Gasteiger partial charge in [0, 0.05) is 20.9 Å². The van der Waals surface area contributed by atoms with Gasteiger partial charge in [0.15, 0.2) is 6.10 Å². The number of rotatable bonds is 5. The van der Waals surface area contributed by atoms with Crippen molar-refractivity contribution in [3.63, 3.8) is 0 Å². The highest BCUT2D eigenvalue weighted by Gasteiger charge is 2.22. The molecule has 0 aliphatic carbocycles. The number of alkyl halides is 1. The number of benzene rings is 1. The van der Waals surface area contributed by atoms with Crippen molar-refractivity contribution < 1.29 is 14.6 Å². The topological polar surface area (TPSA) is 46.5 Å². The molecule has 0 amide bonds. The van der Waals surface area contributed by atoms with Gasteiger partial charge in [0.2, 0.25) is 0 Å². The number of hydrogen-bond acceptors (Lipinski definition) is 2. The van der Waals surface area contributed by atoms with E-state index in [1.54, 1.807) is 18.2 Å². The summed E-state index contributed by atoms with van der Waals surface area (Å²) in [5.74, 6) is -0.817. The molecule has 0 fully saturated rings. The first-order valence-corrected chi connectivity index (χ1v) is 6.12. The summed E-state index contributed by atoms with van der Waals surface area (Å²) < 4.78 is 5.75. The molecule has 1 unspecified atom stereocenters. The molecule has 1 aromatic carbocycles. The van der Waals surface area contributed by atoms with Gasteiger partial charge in [-0.25, -0.2) is 4.79 Å². The van der Waals surface area contributed by atoms with Gasteiger partial charge in [0.1, 0.15) is 0 Å². The first-order valence-electron chi connectivity index (χ1n) is 4.41. The molecule has 1 atom stereocenters. The van der Waals surface area contributed by atoms with Crippen molar-refractivity contribution in [2.24, 2.45) is 0 Å². The van der Waals surface area contributed by atoms with Gasteiger partial charge >= 0.3 is 5.97 Å². The third kappa shape index (κ3) is 3.63. The van der Waals surface area contributed by atoms with E-state index >= 15 is 0 Å². The summed E-state index contributed by atoms with van der Waals surface area (Å²) in [7, 11) is 0. The summed E-state index contributed by atoms with van der Waals surface area (Å²) in [6.07, 6.45) is -1.04. The molecule has 0 saturated heterocycles. The smallest absolute Gasteiger partial charge is 0.337 e. The Hall–Kier alpha value is -0.290. The number of carboxylic acid groups (broad SMARTS) is 1. The fourth-order valence-corrected chi connectivity index (χ4v) is 2.15. The molecule has 16 heavy (non-hydrogen) atoms. The number of halogens is 3. The second kappa shape index (κ2) is 6.45. The van der Waals surface area contributed by atoms with Crippen LogP contribution in [-0.2, 0) is 9.53 Å². The zero-order valence-corrected chi connectivity index (χ0v) is 11.2. The molecule has 0 aromatic heterocycles. The van der Waals surface area contributed by atoms with Crippen molar-refractivity contribution in [1.82, 2.24) is 0 Å². The van der Waals surface area contributed by atoms with Gasteiger partial charge in [-0.3, -0.25) is 0 Å². The van der Waals surface area contributed by atoms with Crippen LogP contribution >= 0.6 is 39.1 Å². The summed E-state index contributed by atoms with van der Waals surface area (Å²) >= 11 is 14.5. The standard InChI is InChI=1S/C10H9BrCl2O3/c11-8-5-6(13)1-2-7(8)9(10(14)15)16-4-3-12/h1-2,5,9H,3-4H2,(H,14,15). The van der Waals surface area contributed by atoms with Crippen LogP contribution in [0.15, 0.2) is 22.7 Å². The normalized spacial score (nSPS) is 12.4. The SMILES string of the molecule is O=C(O)C(OCCCl)c1ccc(Cl)cc1Br. The Morgan fingerprint density at radius 3 is 2.75 bits per heavy atom. The van der Waals surface area contributed by atoms with Gasteiger partial charge in [0.05, 0.1) is 6.61 Å². The highest BCUT2D eigenvalue weighted by Crippen LogP contribution is 2.29. The van der Waals surface area contributed by atoms with Crippen LogP contribution in [0.2, 0.25) is 5.02 Å². The largest absolute Gasteiger partial charge is 0.479 e. The van der Waals surface area contributed by atoms with E-state index < -0.39 is 12.1 Å². The minimum absolute atomic E-state index is 0.174. The Kier molecular flexibility index (Phi) is 5.55. The number of carbonyl (C=O) groups is 1. The summed E-state index contributed by atoms with van der Waals surface area (Å²) in [4.78, 5) is 11.0. The lowest BCUT2D eigenvalue weighted by atomic mass is 10.1. The first kappa shape index (κ1) is 13.8. The minimum atomic E-state index is -1.06. The second-order valence-corrected chi connectivity index (χ2v) is 4.61. The average Bonchev–Trinajstić information content (AvgIpc) is 2.20. The molecule has 1 rings (SSSR count). The summed E-state index contributed by atoms with van der Waals surface area (Å²) in [6.45, 7) is 0.174. The molecule has 0 aliphatic heterocycles. The summed E-state index contributed by atoms with van der Waals surface area (Å²) in [5, 5.41) is 9.55. The zero-order valence-electron chi connectivity index (χ0n) is 8.12. The van der Waals surface area contributed by atoms with Crippen LogP contribution in [-0.4, -0.2) is 23.6 Å². The predicted molar refractivity (Wildman–Crippen MR) is 66.2 cm³/mol. The molecule has 0 radical (unpaired) electrons. The second-order valence-electron chi connectivity index (χ2n) is 2.94. The maximum absolute atomic E-state index is 11.0. The van der Waals surface area contributed by atoms with E-state index in [-0.39, 0.29) is 12.5 Å². The number of ether oxygens (including phenoxy) is 1. The van der Waals surface area contributed by atoms with Gasteiger partial charge in [-0.15, -0.1) is 11.6 Å². The highest BCUT2D eigenvalue weighted by atomic mass is 79.9. The van der Waals surface area contributed by atoms with Crippen LogP contribution in [0.25, 0.3) is 0 Å². The lowest BCUT2D eigenvalue weighted by Gasteiger charge is -2.14. The highest BCUT2D eigenvalue weighted by molar-refractivity contribution is 9.10.